The van der Waals surface area contributed by atoms with Crippen molar-refractivity contribution in [3.05, 3.63) is 0 Å². The van der Waals surface area contributed by atoms with Crippen molar-refractivity contribution in [3.8, 4) is 0 Å². The van der Waals surface area contributed by atoms with Crippen LogP contribution in [0.3, 0.4) is 0 Å². The first-order valence-corrected chi connectivity index (χ1v) is 7.37. The smallest absolute Gasteiger partial charge is 0.245 e. The van der Waals surface area contributed by atoms with Crippen LogP contribution >= 0.6 is 0 Å². The summed E-state index contributed by atoms with van der Waals surface area (Å²) < 4.78 is 11.3. The average molecular weight is 260 g/mol. The third kappa shape index (κ3) is 3.80. The second kappa shape index (κ2) is 6.14. The Balaban J connectivity index is 2.61. The second-order valence-corrected chi connectivity index (χ2v) is 6.35. The molecule has 0 aliphatic carbocycles. The van der Waals surface area contributed by atoms with Crippen molar-refractivity contribution in [2.45, 2.75) is 26.8 Å². The lowest BCUT2D eigenvalue weighted by Gasteiger charge is -2.34. The molecule has 2 atom stereocenters. The van der Waals surface area contributed by atoms with E-state index in [1.165, 1.54) is 4.90 Å². The zero-order valence-electron chi connectivity index (χ0n) is 10.6. The van der Waals surface area contributed by atoms with Crippen molar-refractivity contribution in [2.24, 2.45) is 5.92 Å². The van der Waals surface area contributed by atoms with Crippen molar-refractivity contribution in [1.29, 1.82) is 0 Å². The third-order valence-corrected chi connectivity index (χ3v) is 4.09. The van der Waals surface area contributed by atoms with Crippen molar-refractivity contribution in [3.63, 3.8) is 0 Å². The Morgan fingerprint density at radius 2 is 2.12 bits per heavy atom. The van der Waals surface area contributed by atoms with E-state index in [1.54, 1.807) is 0 Å². The van der Waals surface area contributed by atoms with Crippen LogP contribution < -0.4 is 5.32 Å². The molecule has 0 radical (unpaired) electrons. The van der Waals surface area contributed by atoms with E-state index in [2.05, 4.69) is 5.32 Å². The number of amides is 2. The van der Waals surface area contributed by atoms with Gasteiger partial charge in [0.25, 0.3) is 0 Å². The van der Waals surface area contributed by atoms with Crippen LogP contribution in [0.25, 0.3) is 0 Å². The Hall–Kier alpha value is -0.910. The Bertz CT molecular complexity index is 331. The molecule has 1 aliphatic rings. The van der Waals surface area contributed by atoms with Gasteiger partial charge in [-0.3, -0.25) is 13.8 Å². The number of carbonyl (C=O) groups excluding carboxylic acids is 2. The van der Waals surface area contributed by atoms with Gasteiger partial charge in [0.1, 0.15) is 6.04 Å². The largest absolute Gasteiger partial charge is 0.343 e. The standard InChI is InChI=1S/C11H20N2O3S/c1-4-17(16)6-5-13-7-9(14)12-10(8(2)3)11(13)15/h8,10H,4-7H2,1-3H3,(H,12,14). The van der Waals surface area contributed by atoms with E-state index in [4.69, 9.17) is 0 Å². The molecule has 0 aromatic carbocycles. The monoisotopic (exact) mass is 260 g/mol. The van der Waals surface area contributed by atoms with Gasteiger partial charge in [0.05, 0.1) is 6.54 Å². The normalized spacial score (nSPS) is 22.8. The van der Waals surface area contributed by atoms with Crippen LogP contribution in [0.15, 0.2) is 0 Å². The highest BCUT2D eigenvalue weighted by Gasteiger charge is 2.34. The highest BCUT2D eigenvalue weighted by atomic mass is 32.2. The predicted octanol–water partition coefficient (Wildman–Crippen LogP) is -0.262. The van der Waals surface area contributed by atoms with Gasteiger partial charge in [0, 0.05) is 28.9 Å². The van der Waals surface area contributed by atoms with Gasteiger partial charge >= 0.3 is 0 Å². The lowest BCUT2D eigenvalue weighted by atomic mass is 10.0. The fourth-order valence-electron chi connectivity index (χ4n) is 1.73. The molecule has 2 amide bonds. The molecule has 0 spiro atoms. The van der Waals surface area contributed by atoms with Crippen molar-refractivity contribution in [2.75, 3.05) is 24.6 Å². The van der Waals surface area contributed by atoms with Crippen LogP contribution in [0, 0.1) is 5.92 Å². The molecule has 1 rings (SSSR count). The van der Waals surface area contributed by atoms with E-state index in [1.807, 2.05) is 20.8 Å². The Labute approximate surface area is 104 Å². The lowest BCUT2D eigenvalue weighted by molar-refractivity contribution is -0.145. The van der Waals surface area contributed by atoms with Crippen LogP contribution in [-0.4, -0.2) is 51.6 Å². The molecule has 1 fully saturated rings. The fourth-order valence-corrected chi connectivity index (χ4v) is 2.44. The maximum atomic E-state index is 12.0. The summed E-state index contributed by atoms with van der Waals surface area (Å²) in [5, 5.41) is 2.69. The zero-order chi connectivity index (χ0) is 13.0. The molecule has 0 aromatic rings. The maximum Gasteiger partial charge on any atom is 0.245 e. The predicted molar refractivity (Wildman–Crippen MR) is 66.9 cm³/mol. The summed E-state index contributed by atoms with van der Waals surface area (Å²) in [5.41, 5.74) is 0. The van der Waals surface area contributed by atoms with E-state index < -0.39 is 16.8 Å². The molecular formula is C11H20N2O3S. The van der Waals surface area contributed by atoms with Crippen molar-refractivity contribution in [1.82, 2.24) is 10.2 Å². The zero-order valence-corrected chi connectivity index (χ0v) is 11.4. The minimum atomic E-state index is -0.902. The Morgan fingerprint density at radius 1 is 1.47 bits per heavy atom. The number of nitrogens with one attached hydrogen (secondary N) is 1. The van der Waals surface area contributed by atoms with Crippen molar-refractivity contribution >= 4 is 22.6 Å². The summed E-state index contributed by atoms with van der Waals surface area (Å²) in [6.45, 7) is 6.13. The molecule has 1 saturated heterocycles. The van der Waals surface area contributed by atoms with E-state index in [-0.39, 0.29) is 24.3 Å². The minimum absolute atomic E-state index is 0.0623. The maximum absolute atomic E-state index is 12.0. The molecular weight excluding hydrogens is 240 g/mol. The molecule has 5 nitrogen and oxygen atoms in total. The lowest BCUT2D eigenvalue weighted by Crippen LogP contribution is -2.60. The molecule has 1 aliphatic heterocycles. The molecule has 2 unspecified atom stereocenters. The first kappa shape index (κ1) is 14.2. The van der Waals surface area contributed by atoms with Gasteiger partial charge < -0.3 is 10.2 Å². The van der Waals surface area contributed by atoms with Crippen LogP contribution in [0.4, 0.5) is 0 Å². The van der Waals surface area contributed by atoms with Gasteiger partial charge in [0.2, 0.25) is 11.8 Å². The topological polar surface area (TPSA) is 66.5 Å². The SMILES string of the molecule is CCS(=O)CCN1CC(=O)NC(C(C)C)C1=O. The molecule has 1 N–H and O–H groups in total. The summed E-state index contributed by atoms with van der Waals surface area (Å²) in [5.74, 6) is 0.909. The summed E-state index contributed by atoms with van der Waals surface area (Å²) >= 11 is 0. The molecule has 1 heterocycles. The number of piperazine rings is 1. The highest BCUT2D eigenvalue weighted by molar-refractivity contribution is 7.84. The Morgan fingerprint density at radius 3 is 2.65 bits per heavy atom. The van der Waals surface area contributed by atoms with Crippen LogP contribution in [0.2, 0.25) is 0 Å². The quantitative estimate of drug-likeness (QED) is 0.740. The van der Waals surface area contributed by atoms with Gasteiger partial charge in [-0.1, -0.05) is 20.8 Å². The molecule has 6 heteroatoms. The summed E-state index contributed by atoms with van der Waals surface area (Å²) in [4.78, 5) is 25.0. The van der Waals surface area contributed by atoms with Crippen LogP contribution in [0.1, 0.15) is 20.8 Å². The van der Waals surface area contributed by atoms with E-state index >= 15 is 0 Å². The number of nitrogens with zero attached hydrogens (tertiary/aromatic N) is 1. The van der Waals surface area contributed by atoms with Gasteiger partial charge in [-0.05, 0) is 5.92 Å². The van der Waals surface area contributed by atoms with E-state index in [0.29, 0.717) is 18.1 Å². The molecule has 0 aromatic heterocycles. The van der Waals surface area contributed by atoms with E-state index in [0.717, 1.165) is 0 Å². The number of carbonyl (C=O) groups is 2. The fraction of sp³-hybridized carbons (Fsp3) is 0.818. The molecule has 17 heavy (non-hydrogen) atoms. The average Bonchev–Trinajstić information content (AvgIpc) is 2.28. The second-order valence-electron chi connectivity index (χ2n) is 4.48. The third-order valence-electron chi connectivity index (χ3n) is 2.81. The minimum Gasteiger partial charge on any atom is -0.343 e. The molecule has 98 valence electrons. The number of hydrogen-bond acceptors (Lipinski definition) is 3. The van der Waals surface area contributed by atoms with Gasteiger partial charge in [-0.15, -0.1) is 0 Å². The van der Waals surface area contributed by atoms with Crippen LogP contribution in [0.5, 0.6) is 0 Å². The number of rotatable bonds is 5. The summed E-state index contributed by atoms with van der Waals surface area (Å²) in [6.07, 6.45) is 0. The summed E-state index contributed by atoms with van der Waals surface area (Å²) in [6, 6.07) is -0.439. The van der Waals surface area contributed by atoms with Crippen LogP contribution in [-0.2, 0) is 20.4 Å². The van der Waals surface area contributed by atoms with Crippen molar-refractivity contribution < 1.29 is 13.8 Å². The van der Waals surface area contributed by atoms with Gasteiger partial charge in [-0.25, -0.2) is 0 Å². The van der Waals surface area contributed by atoms with E-state index in [9.17, 15) is 13.8 Å². The van der Waals surface area contributed by atoms with Gasteiger partial charge in [0.15, 0.2) is 0 Å². The first-order valence-electron chi connectivity index (χ1n) is 5.88. The highest BCUT2D eigenvalue weighted by Crippen LogP contribution is 2.10. The summed E-state index contributed by atoms with van der Waals surface area (Å²) in [7, 11) is -0.902. The Kier molecular flexibility index (Phi) is 5.11. The molecule has 0 bridgehead atoms. The number of hydrogen-bond donors (Lipinski definition) is 1. The molecule has 0 saturated carbocycles. The first-order chi connectivity index (χ1) is 7.95. The van der Waals surface area contributed by atoms with Gasteiger partial charge in [-0.2, -0.15) is 0 Å².